The van der Waals surface area contributed by atoms with Crippen LogP contribution in [0.2, 0.25) is 10.0 Å². The number of aliphatic imine (C=N–C) groups is 1. The number of nitrogens with zero attached hydrogens (tertiary/aromatic N) is 2. The van der Waals surface area contributed by atoms with Crippen LogP contribution in [0.25, 0.3) is 0 Å². The molecule has 0 aromatic heterocycles. The second-order valence-electron chi connectivity index (χ2n) is 4.11. The Balaban J connectivity index is 2.09. The average molecular weight is 286 g/mol. The highest BCUT2D eigenvalue weighted by Crippen LogP contribution is 2.25. The first-order valence-electron chi connectivity index (χ1n) is 5.61. The quantitative estimate of drug-likeness (QED) is 0.856. The summed E-state index contributed by atoms with van der Waals surface area (Å²) in [7, 11) is 1.92. The van der Waals surface area contributed by atoms with Crippen molar-refractivity contribution in [1.29, 1.82) is 0 Å². The van der Waals surface area contributed by atoms with Crippen molar-refractivity contribution in [2.45, 2.75) is 12.8 Å². The molecule has 1 aliphatic heterocycles. The standard InChI is InChI=1S/C12H13Cl2N3O/c1-17-6-2-3-11(17)16-12(18)15-10-7-8(13)4-5-9(10)14/h4-5,7H,2-3,6H2,1H3,(H,15,18). The highest BCUT2D eigenvalue weighted by atomic mass is 35.5. The molecule has 1 saturated heterocycles. The predicted octanol–water partition coefficient (Wildman–Crippen LogP) is 3.65. The smallest absolute Gasteiger partial charge is 0.347 e. The topological polar surface area (TPSA) is 44.7 Å². The monoisotopic (exact) mass is 285 g/mol. The maximum atomic E-state index is 11.8. The maximum absolute atomic E-state index is 11.8. The predicted molar refractivity (Wildman–Crippen MR) is 74.8 cm³/mol. The van der Waals surface area contributed by atoms with Gasteiger partial charge in [0.15, 0.2) is 0 Å². The Morgan fingerprint density at radius 1 is 1.44 bits per heavy atom. The molecule has 18 heavy (non-hydrogen) atoms. The van der Waals surface area contributed by atoms with E-state index in [4.69, 9.17) is 23.2 Å². The second-order valence-corrected chi connectivity index (χ2v) is 4.95. The zero-order chi connectivity index (χ0) is 13.1. The van der Waals surface area contributed by atoms with Crippen LogP contribution in [-0.4, -0.2) is 30.4 Å². The van der Waals surface area contributed by atoms with Crippen LogP contribution in [0.4, 0.5) is 10.5 Å². The van der Waals surface area contributed by atoms with Crippen LogP contribution in [0.1, 0.15) is 12.8 Å². The van der Waals surface area contributed by atoms with E-state index in [1.165, 1.54) is 0 Å². The molecule has 0 aliphatic carbocycles. The molecule has 1 fully saturated rings. The summed E-state index contributed by atoms with van der Waals surface area (Å²) >= 11 is 11.8. The van der Waals surface area contributed by atoms with Crippen molar-refractivity contribution in [3.05, 3.63) is 28.2 Å². The normalized spacial score (nSPS) is 17.3. The largest absolute Gasteiger partial charge is 0.363 e. The van der Waals surface area contributed by atoms with Gasteiger partial charge in [0.2, 0.25) is 0 Å². The number of carbonyl (C=O) groups excluding carboxylic acids is 1. The first-order valence-corrected chi connectivity index (χ1v) is 6.36. The Kier molecular flexibility index (Phi) is 4.09. The number of amidine groups is 1. The molecule has 0 bridgehead atoms. The van der Waals surface area contributed by atoms with Gasteiger partial charge in [-0.25, -0.2) is 4.79 Å². The van der Waals surface area contributed by atoms with E-state index in [-0.39, 0.29) is 0 Å². The Bertz CT molecular complexity index is 502. The molecule has 0 atom stereocenters. The summed E-state index contributed by atoms with van der Waals surface area (Å²) < 4.78 is 0. The molecule has 2 rings (SSSR count). The van der Waals surface area contributed by atoms with Crippen LogP contribution in [-0.2, 0) is 0 Å². The van der Waals surface area contributed by atoms with E-state index in [0.717, 1.165) is 25.2 Å². The molecule has 0 radical (unpaired) electrons. The summed E-state index contributed by atoms with van der Waals surface area (Å²) in [4.78, 5) is 17.7. The lowest BCUT2D eigenvalue weighted by Crippen LogP contribution is -2.21. The zero-order valence-electron chi connectivity index (χ0n) is 9.91. The Morgan fingerprint density at radius 2 is 2.22 bits per heavy atom. The summed E-state index contributed by atoms with van der Waals surface area (Å²) in [6, 6.07) is 4.47. The number of nitrogens with one attached hydrogen (secondary N) is 1. The van der Waals surface area contributed by atoms with Gasteiger partial charge in [0.1, 0.15) is 5.84 Å². The van der Waals surface area contributed by atoms with Crippen molar-refractivity contribution in [3.8, 4) is 0 Å². The molecule has 96 valence electrons. The fourth-order valence-electron chi connectivity index (χ4n) is 1.79. The number of benzene rings is 1. The van der Waals surface area contributed by atoms with Gasteiger partial charge < -0.3 is 10.2 Å². The molecule has 1 aromatic rings. The lowest BCUT2D eigenvalue weighted by Gasteiger charge is -2.11. The van der Waals surface area contributed by atoms with Crippen molar-refractivity contribution in [3.63, 3.8) is 0 Å². The Labute approximate surface area is 116 Å². The van der Waals surface area contributed by atoms with Crippen molar-refractivity contribution in [2.75, 3.05) is 18.9 Å². The van der Waals surface area contributed by atoms with E-state index in [1.807, 2.05) is 11.9 Å². The molecule has 4 nitrogen and oxygen atoms in total. The van der Waals surface area contributed by atoms with Gasteiger partial charge in [-0.3, -0.25) is 0 Å². The molecule has 0 unspecified atom stereocenters. The van der Waals surface area contributed by atoms with Crippen LogP contribution >= 0.6 is 23.2 Å². The Morgan fingerprint density at radius 3 is 2.89 bits per heavy atom. The van der Waals surface area contributed by atoms with Gasteiger partial charge in [-0.15, -0.1) is 0 Å². The fraction of sp³-hybridized carbons (Fsp3) is 0.333. The van der Waals surface area contributed by atoms with Crippen LogP contribution in [0.3, 0.4) is 0 Å². The fourth-order valence-corrected chi connectivity index (χ4v) is 2.13. The minimum atomic E-state index is -0.428. The van der Waals surface area contributed by atoms with Gasteiger partial charge in [0, 0.05) is 25.0 Å². The van der Waals surface area contributed by atoms with E-state index in [2.05, 4.69) is 10.3 Å². The van der Waals surface area contributed by atoms with Gasteiger partial charge in [0.05, 0.1) is 10.7 Å². The number of hydrogen-bond acceptors (Lipinski definition) is 1. The summed E-state index contributed by atoms with van der Waals surface area (Å²) in [6.07, 6.45) is 1.85. The molecular weight excluding hydrogens is 273 g/mol. The summed E-state index contributed by atoms with van der Waals surface area (Å²) in [5.41, 5.74) is 0.471. The molecule has 1 aliphatic rings. The highest BCUT2D eigenvalue weighted by molar-refractivity contribution is 6.35. The highest BCUT2D eigenvalue weighted by Gasteiger charge is 2.16. The zero-order valence-corrected chi connectivity index (χ0v) is 11.4. The molecule has 0 saturated carbocycles. The SMILES string of the molecule is CN1CCCC1=NC(=O)Nc1cc(Cl)ccc1Cl. The third-order valence-electron chi connectivity index (χ3n) is 2.74. The van der Waals surface area contributed by atoms with Crippen LogP contribution in [0.15, 0.2) is 23.2 Å². The van der Waals surface area contributed by atoms with Crippen molar-refractivity contribution < 1.29 is 4.79 Å². The van der Waals surface area contributed by atoms with Crippen molar-refractivity contribution >= 4 is 40.8 Å². The van der Waals surface area contributed by atoms with Crippen LogP contribution in [0.5, 0.6) is 0 Å². The van der Waals surface area contributed by atoms with Crippen LogP contribution < -0.4 is 5.32 Å². The third-order valence-corrected chi connectivity index (χ3v) is 3.30. The van der Waals surface area contributed by atoms with Crippen molar-refractivity contribution in [1.82, 2.24) is 4.90 Å². The van der Waals surface area contributed by atoms with Gasteiger partial charge in [0.25, 0.3) is 0 Å². The van der Waals surface area contributed by atoms with E-state index < -0.39 is 6.03 Å². The molecule has 1 aromatic carbocycles. The number of likely N-dealkylation sites (tertiary alicyclic amines) is 1. The maximum Gasteiger partial charge on any atom is 0.347 e. The molecule has 1 N–H and O–H groups in total. The third kappa shape index (κ3) is 3.15. The summed E-state index contributed by atoms with van der Waals surface area (Å²) in [5, 5.41) is 3.58. The van der Waals surface area contributed by atoms with E-state index in [0.29, 0.717) is 15.7 Å². The lowest BCUT2D eigenvalue weighted by atomic mass is 10.3. The lowest BCUT2D eigenvalue weighted by molar-refractivity contribution is 0.259. The molecule has 0 spiro atoms. The number of urea groups is 1. The molecule has 2 amide bonds. The Hall–Kier alpha value is -1.26. The van der Waals surface area contributed by atoms with E-state index >= 15 is 0 Å². The minimum absolute atomic E-state index is 0.428. The number of amides is 2. The summed E-state index contributed by atoms with van der Waals surface area (Å²) in [6.45, 7) is 0.935. The van der Waals surface area contributed by atoms with Gasteiger partial charge in [-0.1, -0.05) is 23.2 Å². The molecule has 6 heteroatoms. The first-order chi connectivity index (χ1) is 8.56. The second kappa shape index (κ2) is 5.59. The van der Waals surface area contributed by atoms with Gasteiger partial charge >= 0.3 is 6.03 Å². The van der Waals surface area contributed by atoms with E-state index in [9.17, 15) is 4.79 Å². The molecule has 1 heterocycles. The first kappa shape index (κ1) is 13.2. The number of halogens is 2. The number of rotatable bonds is 1. The van der Waals surface area contributed by atoms with Crippen molar-refractivity contribution in [2.24, 2.45) is 4.99 Å². The van der Waals surface area contributed by atoms with Crippen LogP contribution in [0, 0.1) is 0 Å². The minimum Gasteiger partial charge on any atom is -0.363 e. The number of anilines is 1. The average Bonchev–Trinajstić information content (AvgIpc) is 2.70. The number of hydrogen-bond donors (Lipinski definition) is 1. The van der Waals surface area contributed by atoms with E-state index in [1.54, 1.807) is 18.2 Å². The van der Waals surface area contributed by atoms with Gasteiger partial charge in [-0.2, -0.15) is 4.99 Å². The van der Waals surface area contributed by atoms with Gasteiger partial charge in [-0.05, 0) is 24.6 Å². The summed E-state index contributed by atoms with van der Waals surface area (Å²) in [5.74, 6) is 0.797. The molecular formula is C12H13Cl2N3O. The number of carbonyl (C=O) groups is 1.